The third kappa shape index (κ3) is 2.95. The second-order valence-corrected chi connectivity index (χ2v) is 3.83. The highest BCUT2D eigenvalue weighted by Gasteiger charge is 2.45. The minimum absolute atomic E-state index is 0. The van der Waals surface area contributed by atoms with Crippen molar-refractivity contribution in [3.63, 3.8) is 0 Å². The molecule has 0 saturated heterocycles. The summed E-state index contributed by atoms with van der Waals surface area (Å²) in [5.74, 6) is -1.80. The Bertz CT molecular complexity index is 354. The van der Waals surface area contributed by atoms with Crippen LogP contribution in [-0.4, -0.2) is 17.5 Å². The first-order valence-electron chi connectivity index (χ1n) is 4.78. The fourth-order valence-corrected chi connectivity index (χ4v) is 1.64. The lowest BCUT2D eigenvalue weighted by atomic mass is 9.82. The van der Waals surface area contributed by atoms with Crippen molar-refractivity contribution in [2.24, 2.45) is 5.92 Å². The molecular formula is C10H13ClF2N2O. The first kappa shape index (κ1) is 13.0. The van der Waals surface area contributed by atoms with Gasteiger partial charge in [0.15, 0.2) is 11.6 Å². The number of pyridine rings is 1. The molecule has 16 heavy (non-hydrogen) atoms. The Morgan fingerprint density at radius 2 is 2.19 bits per heavy atom. The molecule has 1 heterocycles. The van der Waals surface area contributed by atoms with Crippen LogP contribution in [0.25, 0.3) is 0 Å². The van der Waals surface area contributed by atoms with Crippen LogP contribution in [0.3, 0.4) is 0 Å². The minimum Gasteiger partial charge on any atom is -0.489 e. The molecule has 1 saturated carbocycles. The normalized spacial score (nSPS) is 18.4. The molecule has 90 valence electrons. The van der Waals surface area contributed by atoms with Gasteiger partial charge in [0, 0.05) is 25.0 Å². The van der Waals surface area contributed by atoms with Crippen molar-refractivity contribution in [1.82, 2.24) is 4.98 Å². The van der Waals surface area contributed by atoms with Crippen LogP contribution in [0.5, 0.6) is 5.75 Å². The topological polar surface area (TPSA) is 48.1 Å². The van der Waals surface area contributed by atoms with E-state index in [2.05, 4.69) is 4.98 Å². The van der Waals surface area contributed by atoms with Crippen LogP contribution < -0.4 is 10.5 Å². The van der Waals surface area contributed by atoms with Crippen LogP contribution in [-0.2, 0) is 0 Å². The molecular weight excluding hydrogens is 238 g/mol. The predicted octanol–water partition coefficient (Wildman–Crippen LogP) is 2.51. The fourth-order valence-electron chi connectivity index (χ4n) is 1.64. The average Bonchev–Trinajstić information content (AvgIpc) is 2.13. The maximum absolute atomic E-state index is 12.5. The summed E-state index contributed by atoms with van der Waals surface area (Å²) in [5.41, 5.74) is 5.54. The molecule has 0 unspecified atom stereocenters. The van der Waals surface area contributed by atoms with E-state index in [0.717, 1.165) is 0 Å². The number of halogens is 3. The zero-order valence-corrected chi connectivity index (χ0v) is 9.34. The Kier molecular flexibility index (Phi) is 3.91. The van der Waals surface area contributed by atoms with E-state index in [9.17, 15) is 8.78 Å². The highest BCUT2D eigenvalue weighted by molar-refractivity contribution is 5.85. The first-order chi connectivity index (χ1) is 7.07. The molecule has 0 spiro atoms. The highest BCUT2D eigenvalue weighted by atomic mass is 35.5. The zero-order valence-electron chi connectivity index (χ0n) is 8.53. The molecule has 1 aliphatic rings. The van der Waals surface area contributed by atoms with Crippen LogP contribution in [0.1, 0.15) is 12.8 Å². The lowest BCUT2D eigenvalue weighted by molar-refractivity contribution is -0.119. The molecule has 0 aliphatic heterocycles. The quantitative estimate of drug-likeness (QED) is 0.897. The number of ether oxygens (including phenoxy) is 1. The fraction of sp³-hybridized carbons (Fsp3) is 0.500. The number of nitrogens with two attached hydrogens (primary N) is 1. The Labute approximate surface area is 98.4 Å². The summed E-state index contributed by atoms with van der Waals surface area (Å²) >= 11 is 0. The molecule has 0 amide bonds. The van der Waals surface area contributed by atoms with Gasteiger partial charge in [0.2, 0.25) is 5.92 Å². The van der Waals surface area contributed by atoms with Crippen LogP contribution >= 0.6 is 12.4 Å². The van der Waals surface area contributed by atoms with E-state index >= 15 is 0 Å². The third-order valence-corrected chi connectivity index (χ3v) is 2.45. The van der Waals surface area contributed by atoms with Gasteiger partial charge >= 0.3 is 0 Å². The third-order valence-electron chi connectivity index (χ3n) is 2.45. The minimum atomic E-state index is -2.49. The summed E-state index contributed by atoms with van der Waals surface area (Å²) in [6.07, 6.45) is 1.38. The molecule has 2 N–H and O–H groups in total. The number of hydrogen-bond donors (Lipinski definition) is 1. The van der Waals surface area contributed by atoms with Crippen molar-refractivity contribution in [3.8, 4) is 5.75 Å². The zero-order chi connectivity index (χ0) is 10.9. The van der Waals surface area contributed by atoms with E-state index in [1.807, 2.05) is 0 Å². The van der Waals surface area contributed by atoms with Crippen molar-refractivity contribution < 1.29 is 13.5 Å². The molecule has 0 aromatic carbocycles. The van der Waals surface area contributed by atoms with E-state index in [1.54, 1.807) is 18.3 Å². The Hall–Kier alpha value is -1.10. The van der Waals surface area contributed by atoms with Crippen molar-refractivity contribution in [2.75, 3.05) is 12.3 Å². The van der Waals surface area contributed by atoms with Gasteiger partial charge in [-0.1, -0.05) is 0 Å². The molecule has 1 aromatic rings. The van der Waals surface area contributed by atoms with E-state index in [4.69, 9.17) is 10.5 Å². The van der Waals surface area contributed by atoms with E-state index in [-0.39, 0.29) is 37.8 Å². The highest BCUT2D eigenvalue weighted by Crippen LogP contribution is 2.42. The van der Waals surface area contributed by atoms with E-state index < -0.39 is 5.92 Å². The Morgan fingerprint density at radius 3 is 2.75 bits per heavy atom. The van der Waals surface area contributed by atoms with E-state index in [0.29, 0.717) is 11.6 Å². The summed E-state index contributed by atoms with van der Waals surface area (Å²) in [6.45, 7) is 0.283. The molecule has 0 bridgehead atoms. The summed E-state index contributed by atoms with van der Waals surface area (Å²) in [5, 5.41) is 0. The molecule has 2 rings (SSSR count). The van der Waals surface area contributed by atoms with Crippen molar-refractivity contribution in [3.05, 3.63) is 18.3 Å². The van der Waals surface area contributed by atoms with Crippen molar-refractivity contribution >= 4 is 18.2 Å². The largest absolute Gasteiger partial charge is 0.489 e. The summed E-state index contributed by atoms with van der Waals surface area (Å²) in [4.78, 5) is 3.83. The van der Waals surface area contributed by atoms with Crippen LogP contribution in [0.2, 0.25) is 0 Å². The molecule has 3 nitrogen and oxygen atoms in total. The van der Waals surface area contributed by atoms with Gasteiger partial charge in [0.1, 0.15) is 0 Å². The number of aromatic nitrogens is 1. The van der Waals surface area contributed by atoms with E-state index in [1.165, 1.54) is 0 Å². The number of hydrogen-bond acceptors (Lipinski definition) is 3. The molecule has 0 atom stereocenters. The van der Waals surface area contributed by atoms with Gasteiger partial charge in [-0.15, -0.1) is 12.4 Å². The lowest BCUT2D eigenvalue weighted by Crippen LogP contribution is -2.38. The Balaban J connectivity index is 0.00000128. The summed E-state index contributed by atoms with van der Waals surface area (Å²) in [7, 11) is 0. The smallest absolute Gasteiger partial charge is 0.248 e. The van der Waals surface area contributed by atoms with Gasteiger partial charge < -0.3 is 10.5 Å². The average molecular weight is 251 g/mol. The summed E-state index contributed by atoms with van der Waals surface area (Å²) in [6, 6.07) is 3.38. The number of nitrogen functional groups attached to an aromatic ring is 1. The standard InChI is InChI=1S/C10H12F2N2O.ClH/c11-10(12)4-7(5-10)6-15-8-2-1-3-14-9(8)13;/h1-3,7H,4-6H2,(H2,13,14);1H. The van der Waals surface area contributed by atoms with Crippen LogP contribution in [0, 0.1) is 5.92 Å². The van der Waals surface area contributed by atoms with Gasteiger partial charge in [-0.3, -0.25) is 0 Å². The lowest BCUT2D eigenvalue weighted by Gasteiger charge is -2.34. The van der Waals surface area contributed by atoms with Crippen molar-refractivity contribution in [1.29, 1.82) is 0 Å². The number of rotatable bonds is 3. The monoisotopic (exact) mass is 250 g/mol. The maximum Gasteiger partial charge on any atom is 0.248 e. The SMILES string of the molecule is Cl.Nc1ncccc1OCC1CC(F)(F)C1. The van der Waals surface area contributed by atoms with Crippen LogP contribution in [0.4, 0.5) is 14.6 Å². The first-order valence-corrected chi connectivity index (χ1v) is 4.78. The molecule has 1 fully saturated rings. The maximum atomic E-state index is 12.5. The predicted molar refractivity (Wildman–Crippen MR) is 59.1 cm³/mol. The molecule has 6 heteroatoms. The number of nitrogens with zero attached hydrogens (tertiary/aromatic N) is 1. The molecule has 1 aromatic heterocycles. The summed E-state index contributed by atoms with van der Waals surface area (Å²) < 4.78 is 30.3. The van der Waals surface area contributed by atoms with Gasteiger partial charge in [-0.05, 0) is 12.1 Å². The van der Waals surface area contributed by atoms with Gasteiger partial charge in [-0.2, -0.15) is 0 Å². The van der Waals surface area contributed by atoms with Gasteiger partial charge in [0.25, 0.3) is 0 Å². The molecule has 0 radical (unpaired) electrons. The van der Waals surface area contributed by atoms with Crippen LogP contribution in [0.15, 0.2) is 18.3 Å². The Morgan fingerprint density at radius 1 is 1.50 bits per heavy atom. The number of alkyl halides is 2. The second kappa shape index (κ2) is 4.82. The van der Waals surface area contributed by atoms with Crippen molar-refractivity contribution in [2.45, 2.75) is 18.8 Å². The second-order valence-electron chi connectivity index (χ2n) is 3.83. The van der Waals surface area contributed by atoms with Gasteiger partial charge in [-0.25, -0.2) is 13.8 Å². The molecule has 1 aliphatic carbocycles. The van der Waals surface area contributed by atoms with Gasteiger partial charge in [0.05, 0.1) is 6.61 Å². The number of anilines is 1.